The van der Waals surface area contributed by atoms with Crippen LogP contribution in [0, 0.1) is 12.7 Å². The number of rotatable bonds is 5. The first-order valence-corrected chi connectivity index (χ1v) is 12.3. The molecule has 1 N–H and O–H groups in total. The first-order chi connectivity index (χ1) is 17.4. The van der Waals surface area contributed by atoms with Gasteiger partial charge in [-0.1, -0.05) is 27.4 Å². The van der Waals surface area contributed by atoms with Crippen molar-refractivity contribution in [3.05, 3.63) is 77.2 Å². The number of hydrazone groups is 1. The number of carbonyl (C=O) groups excluding carboxylic acids is 1. The minimum absolute atomic E-state index is 0.0589. The standard InChI is InChI=1S/C28H34FN5O3/c1-17(2)32-34-19(4)13-20(14-25(34)33-8-10-36-11-9-33)21-15-23(22(29)12-18(21)3)30-26(35)24-16-37-27(31-24)28(5,6)7/h12-16H,4,8-11H2,1-3,5-7H3,(H,30,35). The zero-order valence-electron chi connectivity index (χ0n) is 22.3. The number of hydrogen-bond donors (Lipinski definition) is 1. The number of allylic oxidation sites excluding steroid dienone is 3. The minimum Gasteiger partial charge on any atom is -0.448 e. The van der Waals surface area contributed by atoms with Crippen LogP contribution in [-0.2, 0) is 10.2 Å². The molecule has 196 valence electrons. The Bertz CT molecular complexity index is 1310. The minimum atomic E-state index is -0.543. The summed E-state index contributed by atoms with van der Waals surface area (Å²) in [6.07, 6.45) is 5.22. The maximum absolute atomic E-state index is 15.0. The highest BCUT2D eigenvalue weighted by Gasteiger charge is 2.26. The van der Waals surface area contributed by atoms with Crippen molar-refractivity contribution >= 4 is 22.9 Å². The summed E-state index contributed by atoms with van der Waals surface area (Å²) in [4.78, 5) is 19.3. The van der Waals surface area contributed by atoms with E-state index in [1.54, 1.807) is 6.07 Å². The molecular weight excluding hydrogens is 473 g/mol. The van der Waals surface area contributed by atoms with Crippen molar-refractivity contribution in [2.24, 2.45) is 5.10 Å². The van der Waals surface area contributed by atoms with Crippen molar-refractivity contribution in [3.63, 3.8) is 0 Å². The van der Waals surface area contributed by atoms with Gasteiger partial charge in [0.1, 0.15) is 17.9 Å². The second kappa shape index (κ2) is 10.3. The molecule has 1 aromatic heterocycles. The molecule has 0 aliphatic carbocycles. The lowest BCUT2D eigenvalue weighted by Crippen LogP contribution is -2.41. The number of halogens is 1. The van der Waals surface area contributed by atoms with Gasteiger partial charge in [0.2, 0.25) is 0 Å². The molecule has 8 nitrogen and oxygen atoms in total. The van der Waals surface area contributed by atoms with Crippen molar-refractivity contribution in [2.45, 2.75) is 47.0 Å². The Morgan fingerprint density at radius 2 is 1.89 bits per heavy atom. The normalized spacial score (nSPS) is 16.4. The average Bonchev–Trinajstić information content (AvgIpc) is 3.34. The van der Waals surface area contributed by atoms with Crippen LogP contribution < -0.4 is 5.32 Å². The predicted octanol–water partition coefficient (Wildman–Crippen LogP) is 5.45. The Morgan fingerprint density at radius 3 is 2.51 bits per heavy atom. The van der Waals surface area contributed by atoms with E-state index in [1.165, 1.54) is 12.3 Å². The maximum atomic E-state index is 15.0. The fraction of sp³-hybridized carbons (Fsp3) is 0.393. The van der Waals surface area contributed by atoms with Gasteiger partial charge in [0.05, 0.1) is 24.6 Å². The smallest absolute Gasteiger partial charge is 0.277 e. The Balaban J connectivity index is 1.68. The topological polar surface area (TPSA) is 83.2 Å². The van der Waals surface area contributed by atoms with Crippen LogP contribution in [0.4, 0.5) is 10.1 Å². The number of anilines is 1. The zero-order chi connectivity index (χ0) is 26.9. The number of hydrogen-bond acceptors (Lipinski definition) is 7. The van der Waals surface area contributed by atoms with Crippen molar-refractivity contribution in [1.82, 2.24) is 14.9 Å². The van der Waals surface area contributed by atoms with Crippen LogP contribution in [0.3, 0.4) is 0 Å². The van der Waals surface area contributed by atoms with Gasteiger partial charge in [0.25, 0.3) is 5.91 Å². The second-order valence-corrected chi connectivity index (χ2v) is 10.4. The van der Waals surface area contributed by atoms with E-state index in [1.807, 2.05) is 58.7 Å². The third-order valence-corrected chi connectivity index (χ3v) is 5.98. The maximum Gasteiger partial charge on any atom is 0.277 e. The lowest BCUT2D eigenvalue weighted by Gasteiger charge is -2.38. The number of aromatic nitrogens is 1. The quantitative estimate of drug-likeness (QED) is 0.542. The average molecular weight is 508 g/mol. The van der Waals surface area contributed by atoms with Crippen molar-refractivity contribution in [2.75, 3.05) is 31.6 Å². The fourth-order valence-corrected chi connectivity index (χ4v) is 4.11. The molecule has 37 heavy (non-hydrogen) atoms. The molecule has 2 aliphatic heterocycles. The summed E-state index contributed by atoms with van der Waals surface area (Å²) < 4.78 is 25.9. The first kappa shape index (κ1) is 26.3. The molecule has 9 heteroatoms. The molecule has 0 spiro atoms. The van der Waals surface area contributed by atoms with Gasteiger partial charge in [0.15, 0.2) is 11.6 Å². The van der Waals surface area contributed by atoms with Gasteiger partial charge >= 0.3 is 0 Å². The zero-order valence-corrected chi connectivity index (χ0v) is 22.3. The van der Waals surface area contributed by atoms with Gasteiger partial charge in [-0.3, -0.25) is 4.79 Å². The van der Waals surface area contributed by atoms with Crippen LogP contribution in [0.15, 0.2) is 58.2 Å². The molecular formula is C28H34FN5O3. The number of carbonyl (C=O) groups is 1. The highest BCUT2D eigenvalue weighted by atomic mass is 19.1. The van der Waals surface area contributed by atoms with Gasteiger partial charge in [-0.25, -0.2) is 14.4 Å². The van der Waals surface area contributed by atoms with Crippen LogP contribution in [0.1, 0.15) is 62.1 Å². The highest BCUT2D eigenvalue weighted by molar-refractivity contribution is 6.03. The molecule has 3 heterocycles. The molecule has 0 radical (unpaired) electrons. The van der Waals surface area contributed by atoms with E-state index in [-0.39, 0.29) is 16.8 Å². The van der Waals surface area contributed by atoms with Crippen molar-refractivity contribution in [3.8, 4) is 0 Å². The third-order valence-electron chi connectivity index (χ3n) is 5.98. The SMILES string of the molecule is C=C1C=C(c2cc(NC(=O)c3coc(C(C)(C)C)n3)c(F)cc2C)C=C(N2CCOCC2)N1N=C(C)C. The van der Waals surface area contributed by atoms with Gasteiger partial charge in [-0.05, 0) is 61.8 Å². The van der Waals surface area contributed by atoms with E-state index >= 15 is 0 Å². The van der Waals surface area contributed by atoms with Crippen LogP contribution in [0.25, 0.3) is 5.57 Å². The summed E-state index contributed by atoms with van der Waals surface area (Å²) >= 11 is 0. The number of morpholine rings is 1. The monoisotopic (exact) mass is 507 g/mol. The molecule has 1 saturated heterocycles. The fourth-order valence-electron chi connectivity index (χ4n) is 4.11. The van der Waals surface area contributed by atoms with Crippen molar-refractivity contribution < 1.29 is 18.3 Å². The number of nitrogens with zero attached hydrogens (tertiary/aromatic N) is 4. The highest BCUT2D eigenvalue weighted by Crippen LogP contribution is 2.34. The number of oxazole rings is 1. The summed E-state index contributed by atoms with van der Waals surface area (Å²) in [5, 5.41) is 9.15. The predicted molar refractivity (Wildman–Crippen MR) is 143 cm³/mol. The lowest BCUT2D eigenvalue weighted by molar-refractivity contribution is 0.0413. The van der Waals surface area contributed by atoms with Gasteiger partial charge in [-0.15, -0.1) is 0 Å². The summed E-state index contributed by atoms with van der Waals surface area (Å²) in [6, 6.07) is 3.06. The van der Waals surface area contributed by atoms with Gasteiger partial charge in [-0.2, -0.15) is 5.10 Å². The first-order valence-electron chi connectivity index (χ1n) is 12.3. The Morgan fingerprint density at radius 1 is 1.19 bits per heavy atom. The summed E-state index contributed by atoms with van der Waals surface area (Å²) in [5.41, 5.74) is 3.72. The van der Waals surface area contributed by atoms with E-state index in [2.05, 4.69) is 26.9 Å². The number of benzene rings is 1. The molecule has 0 atom stereocenters. The molecule has 0 unspecified atom stereocenters. The van der Waals surface area contributed by atoms with Crippen LogP contribution in [0.5, 0.6) is 0 Å². The van der Waals surface area contributed by atoms with E-state index in [4.69, 9.17) is 9.15 Å². The van der Waals surface area contributed by atoms with E-state index in [9.17, 15) is 9.18 Å². The summed E-state index contributed by atoms with van der Waals surface area (Å²) in [7, 11) is 0. The van der Waals surface area contributed by atoms with Crippen LogP contribution in [0.2, 0.25) is 0 Å². The largest absolute Gasteiger partial charge is 0.448 e. The molecule has 1 amide bonds. The van der Waals surface area contributed by atoms with Crippen molar-refractivity contribution in [1.29, 1.82) is 0 Å². The summed E-state index contributed by atoms with van der Waals surface area (Å²) in [6.45, 7) is 18.4. The number of amides is 1. The molecule has 0 bridgehead atoms. The van der Waals surface area contributed by atoms with Crippen LogP contribution in [-0.4, -0.2) is 52.8 Å². The molecule has 1 fully saturated rings. The second-order valence-electron chi connectivity index (χ2n) is 10.4. The lowest BCUT2D eigenvalue weighted by atomic mass is 9.96. The van der Waals surface area contributed by atoms with E-state index in [0.717, 1.165) is 41.3 Å². The molecule has 4 rings (SSSR count). The molecule has 2 aliphatic rings. The Hall–Kier alpha value is -3.72. The van der Waals surface area contributed by atoms with E-state index < -0.39 is 11.7 Å². The number of nitrogens with one attached hydrogen (secondary N) is 1. The number of ether oxygens (including phenoxy) is 1. The number of aryl methyl sites for hydroxylation is 1. The third kappa shape index (κ3) is 5.83. The van der Waals surface area contributed by atoms with Crippen LogP contribution >= 0.6 is 0 Å². The van der Waals surface area contributed by atoms with Gasteiger partial charge in [0, 0.05) is 24.2 Å². The summed E-state index contributed by atoms with van der Waals surface area (Å²) in [5.74, 6) is 0.232. The molecule has 2 aromatic rings. The Labute approximate surface area is 217 Å². The van der Waals surface area contributed by atoms with Gasteiger partial charge < -0.3 is 19.4 Å². The molecule has 0 saturated carbocycles. The van der Waals surface area contributed by atoms with E-state index in [0.29, 0.717) is 24.8 Å². The molecule has 1 aromatic carbocycles. The Kier molecular flexibility index (Phi) is 7.36.